The van der Waals surface area contributed by atoms with Crippen molar-refractivity contribution >= 4 is 11.6 Å². The van der Waals surface area contributed by atoms with Gasteiger partial charge in [0.1, 0.15) is 13.2 Å². The molecule has 0 radical (unpaired) electrons. The van der Waals surface area contributed by atoms with Gasteiger partial charge >= 0.3 is 0 Å². The summed E-state index contributed by atoms with van der Waals surface area (Å²) in [6, 6.07) is 1.95. The molecule has 100 valence electrons. The van der Waals surface area contributed by atoms with Crippen LogP contribution in [-0.4, -0.2) is 24.4 Å². The molecule has 2 rings (SSSR count). The van der Waals surface area contributed by atoms with Crippen LogP contribution in [0.25, 0.3) is 0 Å². The predicted octanol–water partition coefficient (Wildman–Crippen LogP) is 3.16. The van der Waals surface area contributed by atoms with E-state index in [1.165, 1.54) is 0 Å². The van der Waals surface area contributed by atoms with Gasteiger partial charge in [0, 0.05) is 0 Å². The fourth-order valence-electron chi connectivity index (χ4n) is 2.32. The molecule has 0 aliphatic carbocycles. The normalized spacial score (nSPS) is 15.9. The smallest absolute Gasteiger partial charge is 0.180 e. The number of fused-ring (bicyclic) bond motifs is 1. The van der Waals surface area contributed by atoms with Crippen LogP contribution in [0.4, 0.5) is 0 Å². The SMILES string of the molecule is CC(O)Cc1cc2c(c(Cl)c1C(C)C)OCCO2. The highest BCUT2D eigenvalue weighted by Gasteiger charge is 2.23. The summed E-state index contributed by atoms with van der Waals surface area (Å²) in [5.74, 6) is 1.61. The molecule has 0 bridgehead atoms. The summed E-state index contributed by atoms with van der Waals surface area (Å²) in [7, 11) is 0. The molecule has 0 spiro atoms. The molecule has 1 atom stereocenters. The van der Waals surface area contributed by atoms with Crippen LogP contribution in [0.2, 0.25) is 5.02 Å². The van der Waals surface area contributed by atoms with Crippen molar-refractivity contribution < 1.29 is 14.6 Å². The number of benzene rings is 1. The van der Waals surface area contributed by atoms with Gasteiger partial charge in [-0.05, 0) is 36.5 Å². The van der Waals surface area contributed by atoms with E-state index in [0.29, 0.717) is 36.2 Å². The Morgan fingerprint density at radius 1 is 1.28 bits per heavy atom. The molecule has 0 aromatic heterocycles. The fourth-order valence-corrected chi connectivity index (χ4v) is 2.81. The van der Waals surface area contributed by atoms with Crippen molar-refractivity contribution in [3.05, 3.63) is 22.2 Å². The Hall–Kier alpha value is -0.930. The highest BCUT2D eigenvalue weighted by molar-refractivity contribution is 6.33. The van der Waals surface area contributed by atoms with E-state index in [1.54, 1.807) is 6.92 Å². The third-order valence-corrected chi connectivity index (χ3v) is 3.37. The monoisotopic (exact) mass is 270 g/mol. The Bertz CT molecular complexity index is 441. The lowest BCUT2D eigenvalue weighted by Gasteiger charge is -2.25. The van der Waals surface area contributed by atoms with Crippen molar-refractivity contribution in [1.82, 2.24) is 0 Å². The van der Waals surface area contributed by atoms with E-state index in [-0.39, 0.29) is 5.92 Å². The molecule has 4 heteroatoms. The number of hydrogen-bond acceptors (Lipinski definition) is 3. The highest BCUT2D eigenvalue weighted by atomic mass is 35.5. The minimum absolute atomic E-state index is 0.280. The van der Waals surface area contributed by atoms with Gasteiger partial charge in [-0.3, -0.25) is 0 Å². The van der Waals surface area contributed by atoms with E-state index in [1.807, 2.05) is 6.07 Å². The molecule has 1 aromatic rings. The third kappa shape index (κ3) is 2.57. The zero-order valence-electron chi connectivity index (χ0n) is 11.0. The number of aliphatic hydroxyl groups is 1. The van der Waals surface area contributed by atoms with Crippen LogP contribution in [-0.2, 0) is 6.42 Å². The van der Waals surface area contributed by atoms with Crippen molar-refractivity contribution in [3.8, 4) is 11.5 Å². The van der Waals surface area contributed by atoms with Crippen molar-refractivity contribution in [2.24, 2.45) is 0 Å². The van der Waals surface area contributed by atoms with Gasteiger partial charge in [-0.2, -0.15) is 0 Å². The number of aliphatic hydroxyl groups excluding tert-OH is 1. The Balaban J connectivity index is 2.53. The maximum Gasteiger partial charge on any atom is 0.180 e. The first-order valence-corrected chi connectivity index (χ1v) is 6.67. The molecule has 1 N–H and O–H groups in total. The minimum atomic E-state index is -0.402. The van der Waals surface area contributed by atoms with Crippen LogP contribution in [0.15, 0.2) is 6.07 Å². The fraction of sp³-hybridized carbons (Fsp3) is 0.571. The van der Waals surface area contributed by atoms with Gasteiger partial charge in [0.2, 0.25) is 0 Å². The Kier molecular flexibility index (Phi) is 4.03. The van der Waals surface area contributed by atoms with Crippen LogP contribution in [0.1, 0.15) is 37.8 Å². The molecular weight excluding hydrogens is 252 g/mol. The van der Waals surface area contributed by atoms with Gasteiger partial charge < -0.3 is 14.6 Å². The lowest BCUT2D eigenvalue weighted by atomic mass is 9.93. The first-order chi connectivity index (χ1) is 8.50. The van der Waals surface area contributed by atoms with Crippen molar-refractivity contribution in [2.45, 2.75) is 39.2 Å². The minimum Gasteiger partial charge on any atom is -0.486 e. The van der Waals surface area contributed by atoms with Crippen LogP contribution in [0.5, 0.6) is 11.5 Å². The van der Waals surface area contributed by atoms with Crippen molar-refractivity contribution in [3.63, 3.8) is 0 Å². The second-order valence-electron chi connectivity index (χ2n) is 5.00. The summed E-state index contributed by atoms with van der Waals surface area (Å²) in [6.45, 7) is 7.01. The first kappa shape index (κ1) is 13.5. The van der Waals surface area contributed by atoms with Crippen LogP contribution in [0, 0.1) is 0 Å². The molecule has 0 saturated carbocycles. The quantitative estimate of drug-likeness (QED) is 0.917. The van der Waals surface area contributed by atoms with Crippen molar-refractivity contribution in [2.75, 3.05) is 13.2 Å². The summed E-state index contributed by atoms with van der Waals surface area (Å²) in [5.41, 5.74) is 2.08. The maximum absolute atomic E-state index is 9.59. The summed E-state index contributed by atoms with van der Waals surface area (Å²) >= 11 is 6.42. The number of ether oxygens (including phenoxy) is 2. The molecule has 3 nitrogen and oxygen atoms in total. The molecule has 0 amide bonds. The summed E-state index contributed by atoms with van der Waals surface area (Å²) < 4.78 is 11.2. The van der Waals surface area contributed by atoms with E-state index in [2.05, 4.69) is 13.8 Å². The van der Waals surface area contributed by atoms with Gasteiger partial charge in [0.15, 0.2) is 11.5 Å². The summed E-state index contributed by atoms with van der Waals surface area (Å²) in [5, 5.41) is 10.2. The predicted molar refractivity (Wildman–Crippen MR) is 71.9 cm³/mol. The first-order valence-electron chi connectivity index (χ1n) is 6.29. The third-order valence-electron chi connectivity index (χ3n) is 2.99. The lowest BCUT2D eigenvalue weighted by molar-refractivity contribution is 0.170. The van der Waals surface area contributed by atoms with E-state index < -0.39 is 6.10 Å². The second-order valence-corrected chi connectivity index (χ2v) is 5.37. The van der Waals surface area contributed by atoms with Gasteiger partial charge in [0.25, 0.3) is 0 Å². The average molecular weight is 271 g/mol. The lowest BCUT2D eigenvalue weighted by Crippen LogP contribution is -2.18. The molecule has 0 fully saturated rings. The zero-order valence-corrected chi connectivity index (χ0v) is 11.8. The average Bonchev–Trinajstić information content (AvgIpc) is 2.27. The Morgan fingerprint density at radius 3 is 2.56 bits per heavy atom. The number of rotatable bonds is 3. The molecule has 18 heavy (non-hydrogen) atoms. The Morgan fingerprint density at radius 2 is 1.94 bits per heavy atom. The zero-order chi connectivity index (χ0) is 13.3. The van der Waals surface area contributed by atoms with Crippen molar-refractivity contribution in [1.29, 1.82) is 0 Å². The van der Waals surface area contributed by atoms with Crippen LogP contribution >= 0.6 is 11.6 Å². The van der Waals surface area contributed by atoms with Crippen LogP contribution in [0.3, 0.4) is 0 Å². The molecule has 1 aromatic carbocycles. The van der Waals surface area contributed by atoms with Gasteiger partial charge in [-0.25, -0.2) is 0 Å². The number of hydrogen-bond donors (Lipinski definition) is 1. The standard InChI is InChI=1S/C14H19ClO3/c1-8(2)12-10(6-9(3)16)7-11-14(13(12)15)18-5-4-17-11/h7-9,16H,4-6H2,1-3H3. The van der Waals surface area contributed by atoms with Gasteiger partial charge in [-0.15, -0.1) is 0 Å². The molecule has 1 aliphatic heterocycles. The van der Waals surface area contributed by atoms with Gasteiger partial charge in [0.05, 0.1) is 11.1 Å². The van der Waals surface area contributed by atoms with Gasteiger partial charge in [-0.1, -0.05) is 25.4 Å². The maximum atomic E-state index is 9.59. The topological polar surface area (TPSA) is 38.7 Å². The molecule has 1 aliphatic rings. The molecule has 1 heterocycles. The highest BCUT2D eigenvalue weighted by Crippen LogP contribution is 2.44. The van der Waals surface area contributed by atoms with E-state index in [0.717, 1.165) is 11.1 Å². The Labute approximate surface area is 113 Å². The van der Waals surface area contributed by atoms with E-state index in [4.69, 9.17) is 21.1 Å². The van der Waals surface area contributed by atoms with E-state index >= 15 is 0 Å². The largest absolute Gasteiger partial charge is 0.486 e. The number of halogens is 1. The van der Waals surface area contributed by atoms with E-state index in [9.17, 15) is 5.11 Å². The van der Waals surface area contributed by atoms with Crippen LogP contribution < -0.4 is 9.47 Å². The summed E-state index contributed by atoms with van der Waals surface area (Å²) in [6.07, 6.45) is 0.172. The second kappa shape index (κ2) is 5.37. The molecular formula is C14H19ClO3. The molecule has 1 unspecified atom stereocenters. The summed E-state index contributed by atoms with van der Waals surface area (Å²) in [4.78, 5) is 0. The molecule has 0 saturated heterocycles.